The summed E-state index contributed by atoms with van der Waals surface area (Å²) in [6.07, 6.45) is 3.25. The zero-order chi connectivity index (χ0) is 14.4. The van der Waals surface area contributed by atoms with Crippen LogP contribution in [-0.4, -0.2) is 46.5 Å². The van der Waals surface area contributed by atoms with Crippen LogP contribution in [-0.2, 0) is 22.4 Å². The Morgan fingerprint density at radius 3 is 3.10 bits per heavy atom. The Kier molecular flexibility index (Phi) is 5.09. The average Bonchev–Trinajstić information content (AvgIpc) is 2.76. The quantitative estimate of drug-likeness (QED) is 0.838. The first-order valence-electron chi connectivity index (χ1n) is 7.05. The van der Waals surface area contributed by atoms with Crippen molar-refractivity contribution in [3.63, 3.8) is 0 Å². The molecule has 20 heavy (non-hydrogen) atoms. The van der Waals surface area contributed by atoms with Gasteiger partial charge in [-0.05, 0) is 12.8 Å². The number of hydrogen-bond acceptors (Lipinski definition) is 5. The predicted molar refractivity (Wildman–Crippen MR) is 70.8 cm³/mol. The van der Waals surface area contributed by atoms with Crippen LogP contribution in [0.4, 0.5) is 0 Å². The van der Waals surface area contributed by atoms with Gasteiger partial charge in [-0.25, -0.2) is 0 Å². The molecule has 2 rings (SSSR count). The van der Waals surface area contributed by atoms with Crippen LogP contribution < -0.4 is 5.32 Å². The third-order valence-electron chi connectivity index (χ3n) is 3.15. The molecule has 1 saturated heterocycles. The Hall–Kier alpha value is -1.92. The highest BCUT2D eigenvalue weighted by Gasteiger charge is 2.20. The van der Waals surface area contributed by atoms with Gasteiger partial charge >= 0.3 is 0 Å². The van der Waals surface area contributed by atoms with Crippen LogP contribution in [0.15, 0.2) is 4.52 Å². The molecule has 7 heteroatoms. The van der Waals surface area contributed by atoms with E-state index in [0.29, 0.717) is 37.6 Å². The maximum Gasteiger partial charge on any atom is 0.239 e. The van der Waals surface area contributed by atoms with Crippen molar-refractivity contribution >= 4 is 11.8 Å². The van der Waals surface area contributed by atoms with Crippen molar-refractivity contribution in [2.45, 2.75) is 39.0 Å². The van der Waals surface area contributed by atoms with E-state index in [9.17, 15) is 9.59 Å². The number of aromatic nitrogens is 2. The van der Waals surface area contributed by atoms with E-state index in [4.69, 9.17) is 4.52 Å². The Labute approximate surface area is 117 Å². The molecule has 2 amide bonds. The van der Waals surface area contributed by atoms with Gasteiger partial charge in [0.05, 0.1) is 6.54 Å². The van der Waals surface area contributed by atoms with Gasteiger partial charge in [0.25, 0.3) is 0 Å². The van der Waals surface area contributed by atoms with Crippen molar-refractivity contribution in [2.24, 2.45) is 0 Å². The minimum atomic E-state index is -0.0983. The Balaban J connectivity index is 1.82. The molecule has 1 fully saturated rings. The minimum absolute atomic E-state index is 0.0442. The number of rotatable bonds is 5. The molecule has 2 heterocycles. The second kappa shape index (κ2) is 7.02. The van der Waals surface area contributed by atoms with E-state index in [1.54, 1.807) is 4.90 Å². The predicted octanol–water partition coefficient (Wildman–Crippen LogP) is 0.303. The lowest BCUT2D eigenvalue weighted by molar-refractivity contribution is -0.135. The highest BCUT2D eigenvalue weighted by Crippen LogP contribution is 2.06. The van der Waals surface area contributed by atoms with Gasteiger partial charge in [0.2, 0.25) is 17.7 Å². The van der Waals surface area contributed by atoms with Crippen molar-refractivity contribution < 1.29 is 14.1 Å². The molecule has 0 aromatic carbocycles. The van der Waals surface area contributed by atoms with Gasteiger partial charge in [-0.2, -0.15) is 4.98 Å². The molecule has 0 atom stereocenters. The number of nitrogens with one attached hydrogen (secondary N) is 1. The summed E-state index contributed by atoms with van der Waals surface area (Å²) in [5.41, 5.74) is 0. The zero-order valence-corrected chi connectivity index (χ0v) is 11.7. The fraction of sp³-hybridized carbons (Fsp3) is 0.692. The van der Waals surface area contributed by atoms with Gasteiger partial charge in [0, 0.05) is 32.4 Å². The van der Waals surface area contributed by atoms with Crippen molar-refractivity contribution in [2.75, 3.05) is 19.6 Å². The Morgan fingerprint density at radius 1 is 1.45 bits per heavy atom. The normalized spacial score (nSPS) is 15.8. The van der Waals surface area contributed by atoms with E-state index < -0.39 is 0 Å². The van der Waals surface area contributed by atoms with Crippen LogP contribution in [0.5, 0.6) is 0 Å². The molecular weight excluding hydrogens is 260 g/mol. The fourth-order valence-electron chi connectivity index (χ4n) is 2.11. The lowest BCUT2D eigenvalue weighted by Gasteiger charge is -2.18. The van der Waals surface area contributed by atoms with E-state index in [2.05, 4.69) is 15.5 Å². The molecule has 0 saturated carbocycles. The smallest absolute Gasteiger partial charge is 0.239 e. The van der Waals surface area contributed by atoms with Crippen molar-refractivity contribution in [3.05, 3.63) is 11.7 Å². The summed E-state index contributed by atoms with van der Waals surface area (Å²) < 4.78 is 5.09. The van der Waals surface area contributed by atoms with E-state index >= 15 is 0 Å². The van der Waals surface area contributed by atoms with Crippen LogP contribution in [0.25, 0.3) is 0 Å². The van der Waals surface area contributed by atoms with E-state index in [1.165, 1.54) is 0 Å². The SMILES string of the molecule is CCCc1noc(CCC(=O)N2CCCNC(=O)C2)n1. The second-order valence-electron chi connectivity index (χ2n) is 4.87. The largest absolute Gasteiger partial charge is 0.354 e. The van der Waals surface area contributed by atoms with Crippen molar-refractivity contribution in [1.29, 1.82) is 0 Å². The van der Waals surface area contributed by atoms with Gasteiger partial charge in [-0.1, -0.05) is 12.1 Å². The number of carbonyl (C=O) groups is 2. The van der Waals surface area contributed by atoms with Crippen LogP contribution in [0.3, 0.4) is 0 Å². The maximum atomic E-state index is 12.1. The molecule has 1 aromatic rings. The highest BCUT2D eigenvalue weighted by atomic mass is 16.5. The average molecular weight is 280 g/mol. The van der Waals surface area contributed by atoms with Gasteiger partial charge in [0.15, 0.2) is 5.82 Å². The zero-order valence-electron chi connectivity index (χ0n) is 11.7. The summed E-state index contributed by atoms with van der Waals surface area (Å²) in [6.45, 7) is 3.43. The van der Waals surface area contributed by atoms with E-state index in [-0.39, 0.29) is 18.4 Å². The van der Waals surface area contributed by atoms with Crippen LogP contribution in [0.2, 0.25) is 0 Å². The molecule has 0 radical (unpaired) electrons. The lowest BCUT2D eigenvalue weighted by atomic mass is 10.2. The van der Waals surface area contributed by atoms with Crippen molar-refractivity contribution in [3.8, 4) is 0 Å². The Morgan fingerprint density at radius 2 is 2.30 bits per heavy atom. The Bertz CT molecular complexity index is 472. The summed E-state index contributed by atoms with van der Waals surface area (Å²) in [5.74, 6) is 1.03. The van der Waals surface area contributed by atoms with Gasteiger partial charge < -0.3 is 14.7 Å². The molecule has 1 aliphatic rings. The van der Waals surface area contributed by atoms with E-state index in [0.717, 1.165) is 19.3 Å². The van der Waals surface area contributed by atoms with Crippen molar-refractivity contribution in [1.82, 2.24) is 20.4 Å². The topological polar surface area (TPSA) is 88.3 Å². The molecule has 1 aliphatic heterocycles. The molecule has 110 valence electrons. The second-order valence-corrected chi connectivity index (χ2v) is 4.87. The highest BCUT2D eigenvalue weighted by molar-refractivity contribution is 5.85. The number of hydrogen-bond donors (Lipinski definition) is 1. The van der Waals surface area contributed by atoms with Crippen LogP contribution in [0.1, 0.15) is 37.9 Å². The van der Waals surface area contributed by atoms with Gasteiger partial charge in [-0.3, -0.25) is 9.59 Å². The van der Waals surface area contributed by atoms with Gasteiger partial charge in [-0.15, -0.1) is 0 Å². The maximum absolute atomic E-state index is 12.1. The summed E-state index contributed by atoms with van der Waals surface area (Å²) in [7, 11) is 0. The number of amides is 2. The van der Waals surface area contributed by atoms with Crippen LogP contribution in [0, 0.1) is 0 Å². The first kappa shape index (κ1) is 14.5. The summed E-state index contributed by atoms with van der Waals surface area (Å²) >= 11 is 0. The molecule has 1 N–H and O–H groups in total. The fourth-order valence-corrected chi connectivity index (χ4v) is 2.11. The first-order chi connectivity index (χ1) is 9.69. The molecule has 0 unspecified atom stereocenters. The molecule has 0 bridgehead atoms. The molecule has 0 spiro atoms. The lowest BCUT2D eigenvalue weighted by Crippen LogP contribution is -2.37. The third-order valence-corrected chi connectivity index (χ3v) is 3.15. The monoisotopic (exact) mass is 280 g/mol. The minimum Gasteiger partial charge on any atom is -0.354 e. The number of nitrogens with zero attached hydrogens (tertiary/aromatic N) is 3. The number of carbonyl (C=O) groups excluding carboxylic acids is 2. The summed E-state index contributed by atoms with van der Waals surface area (Å²) in [6, 6.07) is 0. The van der Waals surface area contributed by atoms with E-state index in [1.807, 2.05) is 6.92 Å². The van der Waals surface area contributed by atoms with Gasteiger partial charge in [0.1, 0.15) is 0 Å². The third kappa shape index (κ3) is 4.04. The first-order valence-corrected chi connectivity index (χ1v) is 7.05. The molecule has 7 nitrogen and oxygen atoms in total. The molecule has 1 aromatic heterocycles. The molecular formula is C13H20N4O3. The molecule has 0 aliphatic carbocycles. The number of aryl methyl sites for hydroxylation is 2. The van der Waals surface area contributed by atoms with Crippen LogP contribution >= 0.6 is 0 Å². The summed E-state index contributed by atoms with van der Waals surface area (Å²) in [4.78, 5) is 29.3. The summed E-state index contributed by atoms with van der Waals surface area (Å²) in [5, 5.41) is 6.60. The standard InChI is InChI=1S/C13H20N4O3/c1-2-4-10-15-12(20-16-10)5-6-13(19)17-8-3-7-14-11(18)9-17/h2-9H2,1H3,(H,14,18).